The first-order chi connectivity index (χ1) is 8.54. The molecule has 0 spiro atoms. The second kappa shape index (κ2) is 5.26. The summed E-state index contributed by atoms with van der Waals surface area (Å²) in [7, 11) is 0. The lowest BCUT2D eigenvalue weighted by Crippen LogP contribution is -2.51. The SMILES string of the molecule is CC1(C(=O)O)CCCN1C(=O)CC1CCOCC1. The molecule has 1 atom stereocenters. The fraction of sp³-hybridized carbons (Fsp3) is 0.846. The first-order valence-electron chi connectivity index (χ1n) is 6.65. The van der Waals surface area contributed by atoms with E-state index in [1.165, 1.54) is 0 Å². The van der Waals surface area contributed by atoms with E-state index in [0.717, 1.165) is 19.3 Å². The van der Waals surface area contributed by atoms with Crippen molar-refractivity contribution in [1.29, 1.82) is 0 Å². The normalized spacial score (nSPS) is 29.5. The molecule has 2 saturated heterocycles. The molecule has 2 aliphatic heterocycles. The fourth-order valence-corrected chi connectivity index (χ4v) is 2.89. The van der Waals surface area contributed by atoms with Gasteiger partial charge in [0, 0.05) is 26.2 Å². The highest BCUT2D eigenvalue weighted by Crippen LogP contribution is 2.31. The molecule has 0 saturated carbocycles. The van der Waals surface area contributed by atoms with Crippen LogP contribution in [0.3, 0.4) is 0 Å². The second-order valence-corrected chi connectivity index (χ2v) is 5.49. The molecule has 0 aliphatic carbocycles. The monoisotopic (exact) mass is 255 g/mol. The summed E-state index contributed by atoms with van der Waals surface area (Å²) in [6.45, 7) is 3.66. The minimum absolute atomic E-state index is 0.00991. The molecular formula is C13H21NO4. The van der Waals surface area contributed by atoms with Gasteiger partial charge in [0.15, 0.2) is 0 Å². The van der Waals surface area contributed by atoms with E-state index in [0.29, 0.717) is 38.5 Å². The lowest BCUT2D eigenvalue weighted by Gasteiger charge is -2.33. The number of amides is 1. The van der Waals surface area contributed by atoms with Crippen molar-refractivity contribution >= 4 is 11.9 Å². The summed E-state index contributed by atoms with van der Waals surface area (Å²) < 4.78 is 5.27. The Balaban J connectivity index is 1.97. The van der Waals surface area contributed by atoms with Crippen LogP contribution in [0.25, 0.3) is 0 Å². The summed E-state index contributed by atoms with van der Waals surface area (Å²) in [5, 5.41) is 9.28. The van der Waals surface area contributed by atoms with Crippen LogP contribution in [-0.2, 0) is 14.3 Å². The van der Waals surface area contributed by atoms with Crippen LogP contribution < -0.4 is 0 Å². The number of aliphatic carboxylic acids is 1. The quantitative estimate of drug-likeness (QED) is 0.824. The van der Waals surface area contributed by atoms with E-state index >= 15 is 0 Å². The molecule has 0 aromatic rings. The molecule has 18 heavy (non-hydrogen) atoms. The van der Waals surface area contributed by atoms with Gasteiger partial charge in [0.25, 0.3) is 0 Å². The van der Waals surface area contributed by atoms with Gasteiger partial charge < -0.3 is 14.7 Å². The molecule has 0 aromatic heterocycles. The van der Waals surface area contributed by atoms with Gasteiger partial charge >= 0.3 is 5.97 Å². The molecule has 0 radical (unpaired) electrons. The minimum Gasteiger partial charge on any atom is -0.480 e. The molecule has 0 aromatic carbocycles. The van der Waals surface area contributed by atoms with Gasteiger partial charge in [-0.25, -0.2) is 4.79 Å². The Labute approximate surface area is 107 Å². The smallest absolute Gasteiger partial charge is 0.329 e. The van der Waals surface area contributed by atoms with Crippen molar-refractivity contribution in [2.75, 3.05) is 19.8 Å². The largest absolute Gasteiger partial charge is 0.480 e. The molecule has 2 aliphatic rings. The number of carboxylic acids is 1. The zero-order chi connectivity index (χ0) is 13.2. The van der Waals surface area contributed by atoms with Crippen molar-refractivity contribution in [3.63, 3.8) is 0 Å². The van der Waals surface area contributed by atoms with Gasteiger partial charge in [-0.3, -0.25) is 4.79 Å². The van der Waals surface area contributed by atoms with E-state index in [9.17, 15) is 14.7 Å². The number of likely N-dealkylation sites (tertiary alicyclic amines) is 1. The highest BCUT2D eigenvalue weighted by Gasteiger charge is 2.45. The summed E-state index contributed by atoms with van der Waals surface area (Å²) in [5.74, 6) is -0.547. The average molecular weight is 255 g/mol. The third-order valence-corrected chi connectivity index (χ3v) is 4.21. The van der Waals surface area contributed by atoms with Crippen molar-refractivity contribution in [1.82, 2.24) is 4.90 Å². The number of nitrogens with zero attached hydrogens (tertiary/aromatic N) is 1. The third-order valence-electron chi connectivity index (χ3n) is 4.21. The van der Waals surface area contributed by atoms with Gasteiger partial charge in [0.1, 0.15) is 5.54 Å². The predicted molar refractivity (Wildman–Crippen MR) is 65.1 cm³/mol. The van der Waals surface area contributed by atoms with Crippen LogP contribution in [0.2, 0.25) is 0 Å². The van der Waals surface area contributed by atoms with E-state index < -0.39 is 11.5 Å². The molecule has 2 heterocycles. The van der Waals surface area contributed by atoms with Crippen LogP contribution in [0.1, 0.15) is 39.0 Å². The summed E-state index contributed by atoms with van der Waals surface area (Å²) in [4.78, 5) is 25.1. The Morgan fingerprint density at radius 1 is 1.39 bits per heavy atom. The van der Waals surface area contributed by atoms with Crippen LogP contribution in [-0.4, -0.2) is 47.2 Å². The van der Waals surface area contributed by atoms with Gasteiger partial charge in [0.2, 0.25) is 5.91 Å². The molecule has 1 amide bonds. The van der Waals surface area contributed by atoms with Gasteiger partial charge in [0.05, 0.1) is 0 Å². The molecule has 2 rings (SSSR count). The van der Waals surface area contributed by atoms with E-state index in [1.807, 2.05) is 0 Å². The molecule has 2 fully saturated rings. The zero-order valence-corrected chi connectivity index (χ0v) is 10.9. The van der Waals surface area contributed by atoms with E-state index in [2.05, 4.69) is 0 Å². The summed E-state index contributed by atoms with van der Waals surface area (Å²) in [5.41, 5.74) is -0.998. The highest BCUT2D eigenvalue weighted by molar-refractivity contribution is 5.87. The fourth-order valence-electron chi connectivity index (χ4n) is 2.89. The Morgan fingerprint density at radius 2 is 2.06 bits per heavy atom. The molecule has 1 N–H and O–H groups in total. The van der Waals surface area contributed by atoms with Crippen LogP contribution in [0.15, 0.2) is 0 Å². The first-order valence-corrected chi connectivity index (χ1v) is 6.65. The van der Waals surface area contributed by atoms with Crippen molar-refractivity contribution in [2.45, 2.75) is 44.6 Å². The number of carbonyl (C=O) groups is 2. The average Bonchev–Trinajstić information content (AvgIpc) is 2.74. The van der Waals surface area contributed by atoms with E-state index in [4.69, 9.17) is 4.74 Å². The maximum absolute atomic E-state index is 12.3. The lowest BCUT2D eigenvalue weighted by molar-refractivity contribution is -0.155. The van der Waals surface area contributed by atoms with Crippen molar-refractivity contribution in [3.8, 4) is 0 Å². The summed E-state index contributed by atoms with van der Waals surface area (Å²) in [6, 6.07) is 0. The summed E-state index contributed by atoms with van der Waals surface area (Å²) >= 11 is 0. The van der Waals surface area contributed by atoms with Gasteiger partial charge in [-0.1, -0.05) is 0 Å². The first kappa shape index (κ1) is 13.3. The number of hydrogen-bond donors (Lipinski definition) is 1. The maximum Gasteiger partial charge on any atom is 0.329 e. The third kappa shape index (κ3) is 2.51. The molecule has 1 unspecified atom stereocenters. The van der Waals surface area contributed by atoms with E-state index in [-0.39, 0.29) is 5.91 Å². The van der Waals surface area contributed by atoms with Crippen molar-refractivity contribution < 1.29 is 19.4 Å². The molecule has 102 valence electrons. The topological polar surface area (TPSA) is 66.8 Å². The number of carbonyl (C=O) groups excluding carboxylic acids is 1. The van der Waals surface area contributed by atoms with Gasteiger partial charge in [-0.2, -0.15) is 0 Å². The number of ether oxygens (including phenoxy) is 1. The van der Waals surface area contributed by atoms with Crippen LogP contribution >= 0.6 is 0 Å². The molecule has 0 bridgehead atoms. The second-order valence-electron chi connectivity index (χ2n) is 5.49. The highest BCUT2D eigenvalue weighted by atomic mass is 16.5. The molecular weight excluding hydrogens is 234 g/mol. The Hall–Kier alpha value is -1.10. The van der Waals surface area contributed by atoms with E-state index in [1.54, 1.807) is 11.8 Å². The maximum atomic E-state index is 12.3. The van der Waals surface area contributed by atoms with Crippen LogP contribution in [0.4, 0.5) is 0 Å². The van der Waals surface area contributed by atoms with Crippen LogP contribution in [0.5, 0.6) is 0 Å². The number of carboxylic acid groups (broad SMARTS) is 1. The standard InChI is InChI=1S/C13H21NO4/c1-13(12(16)17)5-2-6-14(13)11(15)9-10-3-7-18-8-4-10/h10H,2-9H2,1H3,(H,16,17). The number of rotatable bonds is 3. The van der Waals surface area contributed by atoms with Crippen LogP contribution in [0, 0.1) is 5.92 Å². The molecule has 5 heteroatoms. The number of hydrogen-bond acceptors (Lipinski definition) is 3. The van der Waals surface area contributed by atoms with Gasteiger partial charge in [-0.05, 0) is 38.5 Å². The zero-order valence-electron chi connectivity index (χ0n) is 10.9. The Morgan fingerprint density at radius 3 is 2.67 bits per heavy atom. The van der Waals surface area contributed by atoms with Gasteiger partial charge in [-0.15, -0.1) is 0 Å². The Bertz CT molecular complexity index is 338. The van der Waals surface area contributed by atoms with Crippen molar-refractivity contribution in [3.05, 3.63) is 0 Å². The summed E-state index contributed by atoms with van der Waals surface area (Å²) in [6.07, 6.45) is 3.61. The Kier molecular flexibility index (Phi) is 3.90. The minimum atomic E-state index is -0.998. The molecule has 5 nitrogen and oxygen atoms in total. The predicted octanol–water partition coefficient (Wildman–Crippen LogP) is 1.27. The lowest BCUT2D eigenvalue weighted by atomic mass is 9.94. The van der Waals surface area contributed by atoms with Crippen molar-refractivity contribution in [2.24, 2.45) is 5.92 Å².